The molecule has 2 rings (SSSR count). The van der Waals surface area contributed by atoms with Crippen LogP contribution in [0.5, 0.6) is 11.5 Å². The van der Waals surface area contributed by atoms with Crippen LogP contribution >= 0.6 is 0 Å². The summed E-state index contributed by atoms with van der Waals surface area (Å²) >= 11 is 0. The summed E-state index contributed by atoms with van der Waals surface area (Å²) in [7, 11) is 3.05. The Labute approximate surface area is 151 Å². The lowest BCUT2D eigenvalue weighted by Crippen LogP contribution is -2.40. The smallest absolute Gasteiger partial charge is 0.306 e. The topological polar surface area (TPSA) is 112 Å². The molecule has 0 aromatic heterocycles. The Morgan fingerprint density at radius 2 is 1.92 bits per heavy atom. The van der Waals surface area contributed by atoms with Crippen LogP contribution in [-0.2, 0) is 9.59 Å². The predicted molar refractivity (Wildman–Crippen MR) is 93.8 cm³/mol. The van der Waals surface area contributed by atoms with Gasteiger partial charge in [-0.15, -0.1) is 0 Å². The largest absolute Gasteiger partial charge is 0.493 e. The molecular formula is C18H21N3O5. The molecule has 138 valence electrons. The number of amides is 1. The first kappa shape index (κ1) is 19.1. The number of carboxylic acid groups (broad SMARTS) is 1. The summed E-state index contributed by atoms with van der Waals surface area (Å²) in [6.07, 6.45) is 2.12. The zero-order valence-corrected chi connectivity index (χ0v) is 14.7. The molecule has 1 aromatic carbocycles. The standard InChI is InChI=1S/C18H21N3O5/c1-25-15-4-3-14(9-16(15)26-2)20-11-13(10-19)17(22)21-7-5-12(6-8-21)18(23)24/h3-4,9,11-12,20H,5-8H2,1-2H3,(H,23,24)/b13-11-. The van der Waals surface area contributed by atoms with Crippen LogP contribution < -0.4 is 14.8 Å². The van der Waals surface area contributed by atoms with Crippen LogP contribution in [0.15, 0.2) is 30.0 Å². The van der Waals surface area contributed by atoms with Crippen LogP contribution in [0.4, 0.5) is 5.69 Å². The highest BCUT2D eigenvalue weighted by Crippen LogP contribution is 2.29. The van der Waals surface area contributed by atoms with E-state index >= 15 is 0 Å². The SMILES string of the molecule is COc1ccc(N/C=C(/C#N)C(=O)N2CCC(C(=O)O)CC2)cc1OC. The Kier molecular flexibility index (Phi) is 6.44. The first-order valence-electron chi connectivity index (χ1n) is 8.11. The van der Waals surface area contributed by atoms with Crippen molar-refractivity contribution in [1.82, 2.24) is 4.90 Å². The van der Waals surface area contributed by atoms with Crippen molar-refractivity contribution in [2.24, 2.45) is 5.92 Å². The highest BCUT2D eigenvalue weighted by Gasteiger charge is 2.28. The average molecular weight is 359 g/mol. The first-order chi connectivity index (χ1) is 12.5. The summed E-state index contributed by atoms with van der Waals surface area (Å²) < 4.78 is 10.4. The molecule has 1 fully saturated rings. The molecule has 1 aliphatic rings. The fourth-order valence-corrected chi connectivity index (χ4v) is 2.72. The number of anilines is 1. The number of carbonyl (C=O) groups is 2. The Balaban J connectivity index is 2.05. The van der Waals surface area contributed by atoms with Gasteiger partial charge in [-0.3, -0.25) is 9.59 Å². The van der Waals surface area contributed by atoms with Crippen LogP contribution in [0.2, 0.25) is 0 Å². The van der Waals surface area contributed by atoms with Gasteiger partial charge in [0.15, 0.2) is 11.5 Å². The summed E-state index contributed by atoms with van der Waals surface area (Å²) in [6.45, 7) is 0.649. The predicted octanol–water partition coefficient (Wildman–Crippen LogP) is 1.85. The number of piperidine rings is 1. The molecule has 2 N–H and O–H groups in total. The minimum atomic E-state index is -0.844. The van der Waals surface area contributed by atoms with E-state index in [1.54, 1.807) is 18.2 Å². The van der Waals surface area contributed by atoms with Gasteiger partial charge in [0.1, 0.15) is 11.6 Å². The maximum atomic E-state index is 12.5. The molecule has 0 bridgehead atoms. The van der Waals surface area contributed by atoms with Crippen molar-refractivity contribution >= 4 is 17.6 Å². The Hall–Kier alpha value is -3.21. The maximum Gasteiger partial charge on any atom is 0.306 e. The maximum absolute atomic E-state index is 12.5. The summed E-state index contributed by atoms with van der Waals surface area (Å²) in [5.41, 5.74) is 0.585. The van der Waals surface area contributed by atoms with Crippen LogP contribution in [0, 0.1) is 17.2 Å². The van der Waals surface area contributed by atoms with E-state index in [2.05, 4.69) is 5.32 Å². The van der Waals surface area contributed by atoms with Crippen LogP contribution in [-0.4, -0.2) is 49.2 Å². The number of rotatable bonds is 6. The van der Waals surface area contributed by atoms with Crippen molar-refractivity contribution in [3.8, 4) is 17.6 Å². The third kappa shape index (κ3) is 4.45. The lowest BCUT2D eigenvalue weighted by molar-refractivity contribution is -0.145. The number of nitriles is 1. The van der Waals surface area contributed by atoms with E-state index in [1.807, 2.05) is 6.07 Å². The van der Waals surface area contributed by atoms with Gasteiger partial charge in [0, 0.05) is 31.0 Å². The molecule has 0 saturated carbocycles. The zero-order chi connectivity index (χ0) is 19.1. The minimum absolute atomic E-state index is 0.0476. The molecule has 26 heavy (non-hydrogen) atoms. The van der Waals surface area contributed by atoms with Gasteiger partial charge in [0.25, 0.3) is 5.91 Å². The van der Waals surface area contributed by atoms with E-state index in [0.29, 0.717) is 43.1 Å². The number of methoxy groups -OCH3 is 2. The van der Waals surface area contributed by atoms with Crippen LogP contribution in [0.25, 0.3) is 0 Å². The molecule has 0 radical (unpaired) electrons. The second kappa shape index (κ2) is 8.76. The zero-order valence-electron chi connectivity index (χ0n) is 14.7. The van der Waals surface area contributed by atoms with E-state index in [4.69, 9.17) is 14.6 Å². The monoisotopic (exact) mass is 359 g/mol. The number of aliphatic carboxylic acids is 1. The van der Waals surface area contributed by atoms with Gasteiger partial charge in [0.2, 0.25) is 0 Å². The average Bonchev–Trinajstić information content (AvgIpc) is 2.68. The number of carbonyl (C=O) groups excluding carboxylic acids is 1. The van der Waals surface area contributed by atoms with E-state index in [0.717, 1.165) is 0 Å². The van der Waals surface area contributed by atoms with E-state index < -0.39 is 17.8 Å². The molecule has 8 nitrogen and oxygen atoms in total. The van der Waals surface area contributed by atoms with Crippen LogP contribution in [0.3, 0.4) is 0 Å². The number of nitrogens with one attached hydrogen (secondary N) is 1. The molecule has 0 atom stereocenters. The number of nitrogens with zero attached hydrogens (tertiary/aromatic N) is 2. The molecule has 0 spiro atoms. The van der Waals surface area contributed by atoms with Crippen molar-refractivity contribution in [2.75, 3.05) is 32.6 Å². The fraction of sp³-hybridized carbons (Fsp3) is 0.389. The molecule has 1 aromatic rings. The Morgan fingerprint density at radius 1 is 1.27 bits per heavy atom. The van der Waals surface area contributed by atoms with E-state index in [-0.39, 0.29) is 5.57 Å². The van der Waals surface area contributed by atoms with Crippen molar-refractivity contribution < 1.29 is 24.2 Å². The van der Waals surface area contributed by atoms with Gasteiger partial charge in [-0.05, 0) is 25.0 Å². The van der Waals surface area contributed by atoms with Gasteiger partial charge >= 0.3 is 5.97 Å². The molecule has 0 aliphatic carbocycles. The number of ether oxygens (including phenoxy) is 2. The Morgan fingerprint density at radius 3 is 2.46 bits per heavy atom. The van der Waals surface area contributed by atoms with Crippen molar-refractivity contribution in [2.45, 2.75) is 12.8 Å². The minimum Gasteiger partial charge on any atom is -0.493 e. The van der Waals surface area contributed by atoms with Crippen molar-refractivity contribution in [3.63, 3.8) is 0 Å². The van der Waals surface area contributed by atoms with Crippen molar-refractivity contribution in [1.29, 1.82) is 5.26 Å². The van der Waals surface area contributed by atoms with Gasteiger partial charge in [0.05, 0.1) is 20.1 Å². The molecule has 8 heteroatoms. The summed E-state index contributed by atoms with van der Waals surface area (Å²) in [5, 5.41) is 21.2. The van der Waals surface area contributed by atoms with Gasteiger partial charge < -0.3 is 24.8 Å². The lowest BCUT2D eigenvalue weighted by atomic mass is 9.97. The fourth-order valence-electron chi connectivity index (χ4n) is 2.72. The van der Waals surface area contributed by atoms with E-state index in [9.17, 15) is 14.9 Å². The van der Waals surface area contributed by atoms with Gasteiger partial charge in [-0.1, -0.05) is 0 Å². The third-order valence-electron chi connectivity index (χ3n) is 4.25. The number of hydrogen-bond donors (Lipinski definition) is 2. The second-order valence-electron chi connectivity index (χ2n) is 5.79. The van der Waals surface area contributed by atoms with Gasteiger partial charge in [-0.2, -0.15) is 5.26 Å². The molecule has 1 amide bonds. The van der Waals surface area contributed by atoms with Crippen LogP contribution in [0.1, 0.15) is 12.8 Å². The lowest BCUT2D eigenvalue weighted by Gasteiger charge is -2.29. The van der Waals surface area contributed by atoms with Gasteiger partial charge in [-0.25, -0.2) is 0 Å². The summed E-state index contributed by atoms with van der Waals surface area (Å²) in [4.78, 5) is 24.9. The number of hydrogen-bond acceptors (Lipinski definition) is 6. The quantitative estimate of drug-likeness (QED) is 0.589. The number of benzene rings is 1. The highest BCUT2D eigenvalue weighted by molar-refractivity contribution is 5.97. The molecule has 1 saturated heterocycles. The van der Waals surface area contributed by atoms with Crippen molar-refractivity contribution in [3.05, 3.63) is 30.0 Å². The third-order valence-corrected chi connectivity index (χ3v) is 4.25. The Bertz CT molecular complexity index is 746. The summed E-state index contributed by atoms with van der Waals surface area (Å²) in [6, 6.07) is 7.02. The molecular weight excluding hydrogens is 338 g/mol. The second-order valence-corrected chi connectivity index (χ2v) is 5.79. The highest BCUT2D eigenvalue weighted by atomic mass is 16.5. The normalized spacial score (nSPS) is 15.1. The number of likely N-dealkylation sites (tertiary alicyclic amines) is 1. The number of carboxylic acids is 1. The summed E-state index contributed by atoms with van der Waals surface area (Å²) in [5.74, 6) is -0.600. The molecule has 1 heterocycles. The molecule has 1 aliphatic heterocycles. The van der Waals surface area contributed by atoms with E-state index in [1.165, 1.54) is 25.3 Å². The first-order valence-corrected chi connectivity index (χ1v) is 8.11. The molecule has 0 unspecified atom stereocenters.